The maximum absolute atomic E-state index is 9.05. The minimum absolute atomic E-state index is 0.227. The molecule has 0 aliphatic heterocycles. The molecule has 0 heterocycles. The van der Waals surface area contributed by atoms with E-state index in [1.807, 2.05) is 12.1 Å². The van der Waals surface area contributed by atoms with Gasteiger partial charge in [-0.25, -0.2) is 0 Å². The van der Waals surface area contributed by atoms with Gasteiger partial charge in [0.05, 0.1) is 10.6 Å². The summed E-state index contributed by atoms with van der Waals surface area (Å²) in [6.45, 7) is 0. The average Bonchev–Trinajstić information content (AvgIpc) is 2.41. The molecular formula is C14H8ClN3O. The van der Waals surface area contributed by atoms with Crippen molar-refractivity contribution in [1.82, 2.24) is 0 Å². The summed E-state index contributed by atoms with van der Waals surface area (Å²) < 4.78 is 5.57. The molecular weight excluding hydrogens is 262 g/mol. The SMILES string of the molecule is N#Cc1cc(N)ccc1Oc1cccc(Cl)c1C#N. The van der Waals surface area contributed by atoms with Crippen molar-refractivity contribution in [3.05, 3.63) is 52.5 Å². The van der Waals surface area contributed by atoms with Crippen LogP contribution < -0.4 is 10.5 Å². The van der Waals surface area contributed by atoms with Gasteiger partial charge in [-0.2, -0.15) is 10.5 Å². The number of nitriles is 2. The summed E-state index contributed by atoms with van der Waals surface area (Å²) in [5, 5.41) is 18.4. The topological polar surface area (TPSA) is 82.8 Å². The van der Waals surface area contributed by atoms with Crippen LogP contribution in [0.5, 0.6) is 11.5 Å². The van der Waals surface area contributed by atoms with E-state index >= 15 is 0 Å². The molecule has 0 unspecified atom stereocenters. The Kier molecular flexibility index (Phi) is 3.56. The molecule has 92 valence electrons. The van der Waals surface area contributed by atoms with E-state index < -0.39 is 0 Å². The van der Waals surface area contributed by atoms with Crippen molar-refractivity contribution >= 4 is 17.3 Å². The van der Waals surface area contributed by atoms with E-state index in [9.17, 15) is 0 Å². The molecule has 2 N–H and O–H groups in total. The van der Waals surface area contributed by atoms with E-state index in [-0.39, 0.29) is 5.56 Å². The number of hydrogen-bond donors (Lipinski definition) is 1. The van der Waals surface area contributed by atoms with Gasteiger partial charge in [0, 0.05) is 5.69 Å². The number of ether oxygens (including phenoxy) is 1. The second-order valence-corrected chi connectivity index (χ2v) is 4.10. The van der Waals surface area contributed by atoms with Gasteiger partial charge in [0.2, 0.25) is 0 Å². The summed E-state index contributed by atoms with van der Waals surface area (Å²) in [7, 11) is 0. The molecule has 0 spiro atoms. The number of anilines is 1. The Morgan fingerprint density at radius 2 is 1.84 bits per heavy atom. The number of rotatable bonds is 2. The lowest BCUT2D eigenvalue weighted by Crippen LogP contribution is -1.93. The Labute approximate surface area is 115 Å². The average molecular weight is 270 g/mol. The van der Waals surface area contributed by atoms with Crippen molar-refractivity contribution in [3.8, 4) is 23.6 Å². The zero-order valence-corrected chi connectivity index (χ0v) is 10.5. The van der Waals surface area contributed by atoms with Gasteiger partial charge in [0.25, 0.3) is 0 Å². The number of nitrogen functional groups attached to an aromatic ring is 1. The molecule has 0 radical (unpaired) electrons. The molecule has 0 aliphatic rings. The summed E-state index contributed by atoms with van der Waals surface area (Å²) >= 11 is 5.91. The third-order valence-electron chi connectivity index (χ3n) is 2.43. The van der Waals surface area contributed by atoms with Crippen molar-refractivity contribution in [1.29, 1.82) is 10.5 Å². The predicted octanol–water partition coefficient (Wildman–Crippen LogP) is 3.46. The van der Waals surface area contributed by atoms with Gasteiger partial charge in [-0.1, -0.05) is 17.7 Å². The molecule has 0 amide bonds. The highest BCUT2D eigenvalue weighted by atomic mass is 35.5. The minimum Gasteiger partial charge on any atom is -0.455 e. The lowest BCUT2D eigenvalue weighted by molar-refractivity contribution is 0.479. The van der Waals surface area contributed by atoms with Crippen molar-refractivity contribution in [2.75, 3.05) is 5.73 Å². The number of benzene rings is 2. The van der Waals surface area contributed by atoms with Crippen molar-refractivity contribution in [2.45, 2.75) is 0 Å². The fraction of sp³-hybridized carbons (Fsp3) is 0. The van der Waals surface area contributed by atoms with Crippen molar-refractivity contribution in [2.24, 2.45) is 0 Å². The van der Waals surface area contributed by atoms with E-state index in [1.54, 1.807) is 30.3 Å². The maximum Gasteiger partial charge on any atom is 0.146 e. The molecule has 2 aromatic rings. The van der Waals surface area contributed by atoms with Crippen molar-refractivity contribution in [3.63, 3.8) is 0 Å². The number of hydrogen-bond acceptors (Lipinski definition) is 4. The van der Waals surface area contributed by atoms with Crippen LogP contribution in [0.15, 0.2) is 36.4 Å². The van der Waals surface area contributed by atoms with Gasteiger partial charge in [-0.3, -0.25) is 0 Å². The number of halogens is 1. The molecule has 0 saturated carbocycles. The molecule has 2 aromatic carbocycles. The predicted molar refractivity (Wildman–Crippen MR) is 71.8 cm³/mol. The second kappa shape index (κ2) is 5.30. The lowest BCUT2D eigenvalue weighted by Gasteiger charge is -2.09. The fourth-order valence-corrected chi connectivity index (χ4v) is 1.75. The normalized spacial score (nSPS) is 9.42. The zero-order chi connectivity index (χ0) is 13.8. The minimum atomic E-state index is 0.227. The standard InChI is InChI=1S/C14H8ClN3O/c15-12-2-1-3-14(11(12)8-17)19-13-5-4-10(18)6-9(13)7-16/h1-6H,18H2. The summed E-state index contributed by atoms with van der Waals surface area (Å²) in [5.74, 6) is 0.631. The molecule has 0 aliphatic carbocycles. The molecule has 5 heteroatoms. The highest BCUT2D eigenvalue weighted by molar-refractivity contribution is 6.31. The van der Waals surface area contributed by atoms with E-state index in [1.165, 1.54) is 6.07 Å². The van der Waals surface area contributed by atoms with Crippen LogP contribution in [0, 0.1) is 22.7 Å². The van der Waals surface area contributed by atoms with E-state index in [0.29, 0.717) is 27.8 Å². The summed E-state index contributed by atoms with van der Waals surface area (Å²) in [4.78, 5) is 0. The van der Waals surface area contributed by atoms with Gasteiger partial charge < -0.3 is 10.5 Å². The van der Waals surface area contributed by atoms with E-state index in [4.69, 9.17) is 32.6 Å². The van der Waals surface area contributed by atoms with Crippen molar-refractivity contribution < 1.29 is 4.74 Å². The van der Waals surface area contributed by atoms with Crippen LogP contribution in [-0.4, -0.2) is 0 Å². The van der Waals surface area contributed by atoms with Gasteiger partial charge in [0.15, 0.2) is 0 Å². The molecule has 0 aromatic heterocycles. The monoisotopic (exact) mass is 269 g/mol. The van der Waals surface area contributed by atoms with Crippen LogP contribution >= 0.6 is 11.6 Å². The second-order valence-electron chi connectivity index (χ2n) is 3.69. The van der Waals surface area contributed by atoms with E-state index in [2.05, 4.69) is 0 Å². The Morgan fingerprint density at radius 1 is 1.05 bits per heavy atom. The van der Waals surface area contributed by atoms with Crippen LogP contribution in [-0.2, 0) is 0 Å². The molecule has 0 bridgehead atoms. The van der Waals surface area contributed by atoms with Gasteiger partial charge >= 0.3 is 0 Å². The molecule has 19 heavy (non-hydrogen) atoms. The molecule has 4 nitrogen and oxygen atoms in total. The Hall–Kier alpha value is -2.69. The smallest absolute Gasteiger partial charge is 0.146 e. The van der Waals surface area contributed by atoms with E-state index in [0.717, 1.165) is 0 Å². The molecule has 0 saturated heterocycles. The largest absolute Gasteiger partial charge is 0.455 e. The van der Waals surface area contributed by atoms with Crippen LogP contribution in [0.25, 0.3) is 0 Å². The number of nitrogens with two attached hydrogens (primary N) is 1. The highest BCUT2D eigenvalue weighted by Gasteiger charge is 2.11. The first-order valence-electron chi connectivity index (χ1n) is 5.32. The maximum atomic E-state index is 9.05. The number of nitrogens with zero attached hydrogens (tertiary/aromatic N) is 2. The molecule has 0 fully saturated rings. The first kappa shape index (κ1) is 12.8. The van der Waals surface area contributed by atoms with Crippen LogP contribution in [0.3, 0.4) is 0 Å². The third kappa shape index (κ3) is 2.60. The van der Waals surface area contributed by atoms with Gasteiger partial charge in [-0.15, -0.1) is 0 Å². The summed E-state index contributed by atoms with van der Waals surface area (Å²) in [5.41, 5.74) is 6.59. The van der Waals surface area contributed by atoms with Gasteiger partial charge in [0.1, 0.15) is 29.2 Å². The Balaban J connectivity index is 2.46. The fourth-order valence-electron chi connectivity index (χ4n) is 1.54. The third-order valence-corrected chi connectivity index (χ3v) is 2.75. The Bertz CT molecular complexity index is 714. The molecule has 0 atom stereocenters. The zero-order valence-electron chi connectivity index (χ0n) is 9.72. The summed E-state index contributed by atoms with van der Waals surface area (Å²) in [6.07, 6.45) is 0. The summed E-state index contributed by atoms with van der Waals surface area (Å²) in [6, 6.07) is 13.5. The highest BCUT2D eigenvalue weighted by Crippen LogP contribution is 2.31. The van der Waals surface area contributed by atoms with Crippen LogP contribution in [0.4, 0.5) is 5.69 Å². The van der Waals surface area contributed by atoms with Crippen LogP contribution in [0.1, 0.15) is 11.1 Å². The Morgan fingerprint density at radius 3 is 2.53 bits per heavy atom. The lowest BCUT2D eigenvalue weighted by atomic mass is 10.2. The quantitative estimate of drug-likeness (QED) is 0.846. The molecule has 2 rings (SSSR count). The first-order chi connectivity index (χ1) is 9.15. The first-order valence-corrected chi connectivity index (χ1v) is 5.69. The van der Waals surface area contributed by atoms with Gasteiger partial charge in [-0.05, 0) is 30.3 Å². The van der Waals surface area contributed by atoms with Crippen LogP contribution in [0.2, 0.25) is 5.02 Å².